The van der Waals surface area contributed by atoms with Crippen LogP contribution in [0, 0.1) is 0 Å². The first-order valence-electron chi connectivity index (χ1n) is 15.2. The number of aromatic nitrogens is 3. The van der Waals surface area contributed by atoms with Gasteiger partial charge in [0.05, 0.1) is 33.3 Å². The lowest BCUT2D eigenvalue weighted by molar-refractivity contribution is 0.471. The maximum atomic E-state index is 12.7. The van der Waals surface area contributed by atoms with Gasteiger partial charge in [0.2, 0.25) is 5.95 Å². The number of hydrogen-bond acceptors (Lipinski definition) is 15. The number of azo groups is 1. The van der Waals surface area contributed by atoms with Gasteiger partial charge in [-0.1, -0.05) is 19.2 Å². The van der Waals surface area contributed by atoms with Crippen LogP contribution in [0.5, 0.6) is 5.75 Å². The second kappa shape index (κ2) is 15.4. The van der Waals surface area contributed by atoms with Crippen LogP contribution >= 0.6 is 0 Å². The Morgan fingerprint density at radius 1 is 0.926 bits per heavy atom. The highest BCUT2D eigenvalue weighted by Crippen LogP contribution is 2.46. The van der Waals surface area contributed by atoms with E-state index in [4.69, 9.17) is 0 Å². The van der Waals surface area contributed by atoms with Crippen LogP contribution in [0.1, 0.15) is 12.7 Å². The van der Waals surface area contributed by atoms with Crippen molar-refractivity contribution in [1.82, 2.24) is 15.0 Å². The first-order valence-corrected chi connectivity index (χ1v) is 20.8. The van der Waals surface area contributed by atoms with Gasteiger partial charge in [0.25, 0.3) is 20.2 Å². The van der Waals surface area contributed by atoms with Gasteiger partial charge in [0.15, 0.2) is 15.6 Å². The number of nitrogens with one attached hydrogen (secondary N) is 2. The highest BCUT2D eigenvalue weighted by molar-refractivity contribution is 7.94. The first-order chi connectivity index (χ1) is 25.4. The van der Waals surface area contributed by atoms with E-state index in [-0.39, 0.29) is 41.1 Å². The number of aromatic hydroxyl groups is 1. The predicted octanol–water partition coefficient (Wildman–Crippen LogP) is 4.87. The molecule has 54 heavy (non-hydrogen) atoms. The van der Waals surface area contributed by atoms with Crippen molar-refractivity contribution in [2.75, 3.05) is 16.8 Å². The van der Waals surface area contributed by atoms with E-state index in [1.165, 1.54) is 29.7 Å². The lowest BCUT2D eigenvalue weighted by Crippen LogP contribution is -2.26. The van der Waals surface area contributed by atoms with Gasteiger partial charge in [-0.05, 0) is 67.6 Å². The number of hydrogen-bond donors (Lipinski definition) is 5. The fraction of sp³-hybridized carbons (Fsp3) is 0.0938. The van der Waals surface area contributed by atoms with Crippen molar-refractivity contribution >= 4 is 80.3 Å². The van der Waals surface area contributed by atoms with Crippen molar-refractivity contribution < 1.29 is 43.7 Å². The smallest absolute Gasteiger partial charge is 0.349 e. The van der Waals surface area contributed by atoms with Crippen molar-refractivity contribution in [2.45, 2.75) is 33.1 Å². The summed E-state index contributed by atoms with van der Waals surface area (Å²) in [7, 11) is -15.6. The average Bonchev–Trinajstić information content (AvgIpc) is 3.12. The summed E-state index contributed by atoms with van der Waals surface area (Å²) in [5.41, 5.74) is -1.24. The molecule has 1 heterocycles. The SMILES string of the molecule is C=CS(=O)c1cccc(N(CC)c2nc(CNc3ccc(S(=O)(=O)O)c4cc(S(=O)(=O)O)c(N=Nc5ccc(S(=O)(=O)C=C)cc5)c(O)c34)[nH]c(=O)n2)c1. The summed E-state index contributed by atoms with van der Waals surface area (Å²) in [6.07, 6.45) is 0. The minimum absolute atomic E-state index is 0.00264. The number of H-pyrrole nitrogens is 1. The zero-order valence-corrected chi connectivity index (χ0v) is 31.1. The Hall–Kier alpha value is -5.65. The molecule has 0 bridgehead atoms. The maximum Gasteiger partial charge on any atom is 0.349 e. The molecule has 5 rings (SSSR count). The summed E-state index contributed by atoms with van der Waals surface area (Å²) in [5.74, 6) is -1.05. The minimum Gasteiger partial charge on any atom is -0.505 e. The van der Waals surface area contributed by atoms with E-state index < -0.39 is 78.6 Å². The third-order valence-corrected chi connectivity index (χ3v) is 11.8. The van der Waals surface area contributed by atoms with Gasteiger partial charge in [-0.25, -0.2) is 17.4 Å². The summed E-state index contributed by atoms with van der Waals surface area (Å²) in [4.78, 5) is 23.5. The standard InChI is InChI=1S/C32H29N7O11S4/c1-4-39(20-8-7-9-21(16-20)51(42)5-2)31-34-27(35-32(41)36-31)18-33-24-14-15-25(53(45,46)47)23-17-26(54(48,49)50)29(30(40)28(23)24)38-37-19-10-12-22(13-11-19)52(43,44)6-3/h5-17,33,40H,2-4,18H2,1H3,(H,45,46,47)(H,48,49,50)(H,34,35,36,41). The number of nitrogens with zero attached hydrogens (tertiary/aromatic N) is 5. The molecule has 0 saturated heterocycles. The van der Waals surface area contributed by atoms with E-state index in [0.29, 0.717) is 16.6 Å². The molecule has 18 nitrogen and oxygen atoms in total. The number of anilines is 3. The van der Waals surface area contributed by atoms with Crippen molar-refractivity contribution in [3.8, 4) is 5.75 Å². The molecule has 0 saturated carbocycles. The number of phenolic OH excluding ortho intramolecular Hbond substituents is 1. The highest BCUT2D eigenvalue weighted by Gasteiger charge is 2.27. The fourth-order valence-electron chi connectivity index (χ4n) is 5.12. The van der Waals surface area contributed by atoms with Crippen molar-refractivity contribution in [2.24, 2.45) is 10.2 Å². The van der Waals surface area contributed by atoms with Crippen LogP contribution < -0.4 is 15.9 Å². The lowest BCUT2D eigenvalue weighted by Gasteiger charge is -2.21. The largest absolute Gasteiger partial charge is 0.505 e. The Morgan fingerprint density at radius 3 is 2.22 bits per heavy atom. The Morgan fingerprint density at radius 2 is 1.61 bits per heavy atom. The van der Waals surface area contributed by atoms with Crippen LogP contribution in [0.15, 0.2) is 125 Å². The number of fused-ring (bicyclic) bond motifs is 1. The molecule has 0 fully saturated rings. The van der Waals surface area contributed by atoms with Gasteiger partial charge in [0, 0.05) is 39.0 Å². The summed E-state index contributed by atoms with van der Waals surface area (Å²) in [6.45, 7) is 8.52. The van der Waals surface area contributed by atoms with Crippen LogP contribution in [0.4, 0.5) is 28.7 Å². The second-order valence-corrected chi connectivity index (χ2v) is 17.0. The first kappa shape index (κ1) is 39.6. The van der Waals surface area contributed by atoms with E-state index in [1.807, 2.05) is 0 Å². The third-order valence-electron chi connectivity index (χ3n) is 7.59. The summed E-state index contributed by atoms with van der Waals surface area (Å²) in [5, 5.41) is 23.0. The van der Waals surface area contributed by atoms with E-state index in [0.717, 1.165) is 17.5 Å². The molecule has 0 aliphatic carbocycles. The summed E-state index contributed by atoms with van der Waals surface area (Å²) < 4.78 is 106. The quantitative estimate of drug-likeness (QED) is 0.0738. The number of rotatable bonds is 14. The lowest BCUT2D eigenvalue weighted by atomic mass is 10.1. The molecule has 0 aliphatic rings. The van der Waals surface area contributed by atoms with Gasteiger partial charge in [-0.15, -0.1) is 5.11 Å². The van der Waals surface area contributed by atoms with Crippen molar-refractivity contribution in [3.63, 3.8) is 0 Å². The van der Waals surface area contributed by atoms with Gasteiger partial charge < -0.3 is 15.3 Å². The van der Waals surface area contributed by atoms with Crippen LogP contribution in [0.2, 0.25) is 0 Å². The van der Waals surface area contributed by atoms with Crippen molar-refractivity contribution in [1.29, 1.82) is 0 Å². The normalized spacial score (nSPS) is 12.8. The molecule has 0 spiro atoms. The van der Waals surface area contributed by atoms with E-state index in [1.54, 1.807) is 36.1 Å². The van der Waals surface area contributed by atoms with E-state index in [9.17, 15) is 48.5 Å². The number of sulfone groups is 1. The third kappa shape index (κ3) is 8.43. The van der Waals surface area contributed by atoms with Crippen molar-refractivity contribution in [3.05, 3.63) is 107 Å². The molecule has 22 heteroatoms. The Kier molecular flexibility index (Phi) is 11.3. The maximum absolute atomic E-state index is 12.7. The van der Waals surface area contributed by atoms with E-state index >= 15 is 0 Å². The molecule has 1 unspecified atom stereocenters. The molecule has 4 aromatic carbocycles. The molecule has 1 aromatic heterocycles. The minimum atomic E-state index is -5.25. The molecule has 5 aromatic rings. The van der Waals surface area contributed by atoms with Gasteiger partial charge in [0.1, 0.15) is 21.3 Å². The molecule has 0 amide bonds. The zero-order chi connectivity index (χ0) is 39.6. The zero-order valence-electron chi connectivity index (χ0n) is 27.8. The number of aromatic amines is 1. The summed E-state index contributed by atoms with van der Waals surface area (Å²) >= 11 is 0. The highest BCUT2D eigenvalue weighted by atomic mass is 32.2. The predicted molar refractivity (Wildman–Crippen MR) is 199 cm³/mol. The molecule has 5 N–H and O–H groups in total. The molecular formula is C32H29N7O11S4. The Balaban J connectivity index is 1.61. The molecule has 1 atom stereocenters. The monoisotopic (exact) mass is 815 g/mol. The van der Waals surface area contributed by atoms with Crippen LogP contribution in [0.25, 0.3) is 10.8 Å². The summed E-state index contributed by atoms with van der Waals surface area (Å²) in [6, 6.07) is 14.1. The van der Waals surface area contributed by atoms with Gasteiger partial charge in [-0.2, -0.15) is 31.9 Å². The topological polar surface area (TPSA) is 279 Å². The number of phenols is 1. The van der Waals surface area contributed by atoms with Crippen LogP contribution in [-0.2, 0) is 47.4 Å². The second-order valence-electron chi connectivity index (χ2n) is 10.9. The van der Waals surface area contributed by atoms with Gasteiger partial charge >= 0.3 is 5.69 Å². The molecule has 0 aliphatic heterocycles. The molecule has 0 radical (unpaired) electrons. The molecular weight excluding hydrogens is 787 g/mol. The molecule has 282 valence electrons. The van der Waals surface area contributed by atoms with Gasteiger partial charge in [-0.3, -0.25) is 14.1 Å². The van der Waals surface area contributed by atoms with Crippen LogP contribution in [0.3, 0.4) is 0 Å². The number of benzene rings is 4. The fourth-order valence-corrected chi connectivity index (χ4v) is 7.79. The Labute approximate surface area is 310 Å². The van der Waals surface area contributed by atoms with Crippen LogP contribution in [-0.4, -0.2) is 65.2 Å². The Bertz CT molecular complexity index is 2770. The van der Waals surface area contributed by atoms with E-state index in [2.05, 4.69) is 43.7 Å². The average molecular weight is 816 g/mol.